The zero-order valence-corrected chi connectivity index (χ0v) is 11.8. The fourth-order valence-corrected chi connectivity index (χ4v) is 2.62. The zero-order valence-electron chi connectivity index (χ0n) is 11.8. The van der Waals surface area contributed by atoms with Gasteiger partial charge in [0, 0.05) is 12.3 Å². The number of carbonyl (C=O) groups is 1. The molecule has 0 bridgehead atoms. The molecular weight excluding hydrogens is 208 g/mol. The van der Waals surface area contributed by atoms with Gasteiger partial charge in [-0.2, -0.15) is 0 Å². The molecule has 0 N–H and O–H groups in total. The van der Waals surface area contributed by atoms with Crippen LogP contribution in [0.5, 0.6) is 0 Å². The Morgan fingerprint density at radius 1 is 1.53 bits per heavy atom. The lowest BCUT2D eigenvalue weighted by atomic mass is 9.68. The number of hydrogen-bond donors (Lipinski definition) is 0. The highest BCUT2D eigenvalue weighted by atomic mass is 16.1. The number of rotatable bonds is 5. The minimum absolute atomic E-state index is 0.279. The first-order valence-electron chi connectivity index (χ1n) is 6.85. The Labute approximate surface area is 106 Å². The van der Waals surface area contributed by atoms with E-state index in [2.05, 4.69) is 39.8 Å². The molecule has 1 aliphatic rings. The number of ketones is 1. The van der Waals surface area contributed by atoms with Crippen molar-refractivity contribution in [2.24, 2.45) is 11.3 Å². The maximum absolute atomic E-state index is 11.7. The van der Waals surface area contributed by atoms with Crippen LogP contribution in [0.4, 0.5) is 0 Å². The van der Waals surface area contributed by atoms with Crippen LogP contribution < -0.4 is 0 Å². The summed E-state index contributed by atoms with van der Waals surface area (Å²) in [7, 11) is 0. The number of hydrogen-bond acceptors (Lipinski definition) is 1. The average Bonchev–Trinajstić information content (AvgIpc) is 2.24. The van der Waals surface area contributed by atoms with Crippen molar-refractivity contribution in [3.05, 3.63) is 23.8 Å². The first-order chi connectivity index (χ1) is 7.97. The molecule has 17 heavy (non-hydrogen) atoms. The van der Waals surface area contributed by atoms with Crippen molar-refractivity contribution in [2.45, 2.75) is 59.8 Å². The normalized spacial score (nSPS) is 23.8. The van der Waals surface area contributed by atoms with Gasteiger partial charge in [0.2, 0.25) is 0 Å². The summed E-state index contributed by atoms with van der Waals surface area (Å²) in [5, 5.41) is 0. The van der Waals surface area contributed by atoms with E-state index in [0.29, 0.717) is 17.8 Å². The van der Waals surface area contributed by atoms with Crippen LogP contribution in [0.2, 0.25) is 0 Å². The molecule has 1 aliphatic carbocycles. The van der Waals surface area contributed by atoms with Crippen molar-refractivity contribution in [1.29, 1.82) is 0 Å². The van der Waals surface area contributed by atoms with E-state index in [1.165, 1.54) is 18.4 Å². The molecule has 96 valence electrons. The molecule has 0 aliphatic heterocycles. The molecule has 0 spiro atoms. The fourth-order valence-electron chi connectivity index (χ4n) is 2.62. The third-order valence-corrected chi connectivity index (χ3v) is 3.84. The van der Waals surface area contributed by atoms with E-state index in [9.17, 15) is 4.79 Å². The molecule has 0 saturated heterocycles. The molecule has 0 heterocycles. The van der Waals surface area contributed by atoms with E-state index in [1.807, 2.05) is 6.08 Å². The second kappa shape index (κ2) is 6.18. The summed E-state index contributed by atoms with van der Waals surface area (Å²) in [5.74, 6) is 0.711. The van der Waals surface area contributed by atoms with Crippen LogP contribution in [-0.2, 0) is 4.79 Å². The predicted octanol–water partition coefficient (Wildman–Crippen LogP) is 4.68. The molecule has 1 heteroatoms. The quantitative estimate of drug-likeness (QED) is 0.498. The largest absolute Gasteiger partial charge is 0.295 e. The van der Waals surface area contributed by atoms with Crippen LogP contribution in [0, 0.1) is 11.3 Å². The van der Waals surface area contributed by atoms with E-state index in [-0.39, 0.29) is 5.78 Å². The summed E-state index contributed by atoms with van der Waals surface area (Å²) >= 11 is 0. The molecule has 0 aromatic heterocycles. The van der Waals surface area contributed by atoms with Crippen molar-refractivity contribution in [1.82, 2.24) is 0 Å². The minimum atomic E-state index is 0.279. The maximum atomic E-state index is 11.7. The Kier molecular flexibility index (Phi) is 5.17. The summed E-state index contributed by atoms with van der Waals surface area (Å²) in [4.78, 5) is 11.7. The Morgan fingerprint density at radius 3 is 2.82 bits per heavy atom. The molecule has 0 amide bonds. The Hall–Kier alpha value is -0.850. The van der Waals surface area contributed by atoms with Gasteiger partial charge in [0.25, 0.3) is 0 Å². The summed E-state index contributed by atoms with van der Waals surface area (Å²) in [6.07, 6.45) is 11.4. The van der Waals surface area contributed by atoms with Crippen molar-refractivity contribution in [3.8, 4) is 0 Å². The molecular formula is C16H26O. The highest BCUT2D eigenvalue weighted by molar-refractivity contribution is 5.89. The number of allylic oxidation sites excluding steroid dienone is 4. The fraction of sp³-hybridized carbons (Fsp3) is 0.688. The van der Waals surface area contributed by atoms with Gasteiger partial charge in [-0.15, -0.1) is 0 Å². The third-order valence-electron chi connectivity index (χ3n) is 3.84. The van der Waals surface area contributed by atoms with Gasteiger partial charge in [-0.3, -0.25) is 4.79 Å². The third kappa shape index (κ3) is 4.14. The van der Waals surface area contributed by atoms with Crippen molar-refractivity contribution >= 4 is 5.78 Å². The number of unbranched alkanes of at least 4 members (excludes halogenated alkanes) is 1. The first kappa shape index (κ1) is 14.2. The average molecular weight is 234 g/mol. The summed E-state index contributed by atoms with van der Waals surface area (Å²) in [6.45, 7) is 8.91. The molecule has 0 aromatic rings. The lowest BCUT2D eigenvalue weighted by Crippen LogP contribution is -2.26. The van der Waals surface area contributed by atoms with Crippen molar-refractivity contribution in [2.75, 3.05) is 0 Å². The van der Waals surface area contributed by atoms with E-state index in [4.69, 9.17) is 0 Å². The van der Waals surface area contributed by atoms with E-state index in [0.717, 1.165) is 12.8 Å². The Morgan fingerprint density at radius 2 is 2.24 bits per heavy atom. The summed E-state index contributed by atoms with van der Waals surface area (Å²) < 4.78 is 0. The zero-order chi connectivity index (χ0) is 12.9. The Bertz CT molecular complexity index is 320. The molecule has 1 unspecified atom stereocenters. The second-order valence-corrected chi connectivity index (χ2v) is 5.88. The SMILES string of the molecule is CCCCC(=O)C=CC1C(C)=CCCC1(C)C. The van der Waals surface area contributed by atoms with Gasteiger partial charge in [-0.05, 0) is 37.7 Å². The maximum Gasteiger partial charge on any atom is 0.155 e. The molecule has 1 atom stereocenters. The van der Waals surface area contributed by atoms with Crippen LogP contribution in [0.1, 0.15) is 59.8 Å². The molecule has 0 radical (unpaired) electrons. The van der Waals surface area contributed by atoms with Gasteiger partial charge in [0.1, 0.15) is 0 Å². The lowest BCUT2D eigenvalue weighted by Gasteiger charge is -2.36. The molecule has 0 fully saturated rings. The second-order valence-electron chi connectivity index (χ2n) is 5.88. The van der Waals surface area contributed by atoms with Crippen LogP contribution in [0.25, 0.3) is 0 Å². The monoisotopic (exact) mass is 234 g/mol. The minimum Gasteiger partial charge on any atom is -0.295 e. The van der Waals surface area contributed by atoms with Gasteiger partial charge in [-0.25, -0.2) is 0 Å². The van der Waals surface area contributed by atoms with E-state index in [1.54, 1.807) is 0 Å². The smallest absolute Gasteiger partial charge is 0.155 e. The summed E-state index contributed by atoms with van der Waals surface area (Å²) in [6, 6.07) is 0. The molecule has 0 aromatic carbocycles. The van der Waals surface area contributed by atoms with Gasteiger partial charge < -0.3 is 0 Å². The predicted molar refractivity (Wildman–Crippen MR) is 73.9 cm³/mol. The number of carbonyl (C=O) groups excluding carboxylic acids is 1. The van der Waals surface area contributed by atoms with Crippen molar-refractivity contribution < 1.29 is 4.79 Å². The van der Waals surface area contributed by atoms with Gasteiger partial charge in [-0.1, -0.05) is 44.9 Å². The van der Waals surface area contributed by atoms with Gasteiger partial charge in [0.15, 0.2) is 5.78 Å². The Balaban J connectivity index is 2.65. The van der Waals surface area contributed by atoms with E-state index >= 15 is 0 Å². The van der Waals surface area contributed by atoms with Gasteiger partial charge in [0.05, 0.1) is 0 Å². The standard InChI is InChI=1S/C16H26O/c1-5-6-9-14(17)10-11-15-13(2)8-7-12-16(15,3)4/h8,10-11,15H,5-7,9,12H2,1-4H3. The summed E-state index contributed by atoms with van der Waals surface area (Å²) in [5.41, 5.74) is 1.71. The van der Waals surface area contributed by atoms with Crippen LogP contribution in [0.3, 0.4) is 0 Å². The van der Waals surface area contributed by atoms with Crippen LogP contribution in [-0.4, -0.2) is 5.78 Å². The highest BCUT2D eigenvalue weighted by Gasteiger charge is 2.30. The highest BCUT2D eigenvalue weighted by Crippen LogP contribution is 2.41. The van der Waals surface area contributed by atoms with E-state index < -0.39 is 0 Å². The first-order valence-corrected chi connectivity index (χ1v) is 6.85. The van der Waals surface area contributed by atoms with Crippen LogP contribution in [0.15, 0.2) is 23.8 Å². The lowest BCUT2D eigenvalue weighted by molar-refractivity contribution is -0.114. The van der Waals surface area contributed by atoms with Crippen LogP contribution >= 0.6 is 0 Å². The van der Waals surface area contributed by atoms with Gasteiger partial charge >= 0.3 is 0 Å². The molecule has 1 nitrogen and oxygen atoms in total. The topological polar surface area (TPSA) is 17.1 Å². The van der Waals surface area contributed by atoms with Crippen molar-refractivity contribution in [3.63, 3.8) is 0 Å². The molecule has 1 rings (SSSR count). The molecule has 0 saturated carbocycles.